The molecule has 2 rings (SSSR count). The molecule has 0 aliphatic carbocycles. The van der Waals surface area contributed by atoms with E-state index >= 15 is 0 Å². The van der Waals surface area contributed by atoms with E-state index in [0.29, 0.717) is 23.0 Å². The van der Waals surface area contributed by atoms with Crippen molar-refractivity contribution in [2.45, 2.75) is 30.7 Å². The van der Waals surface area contributed by atoms with Gasteiger partial charge in [0, 0.05) is 35.2 Å². The van der Waals surface area contributed by atoms with Gasteiger partial charge in [-0.3, -0.25) is 10.1 Å². The van der Waals surface area contributed by atoms with E-state index in [1.807, 2.05) is 0 Å². The fraction of sp³-hybridized carbons (Fsp3) is 0.500. The van der Waals surface area contributed by atoms with Gasteiger partial charge in [0.2, 0.25) is 10.0 Å². The Labute approximate surface area is 143 Å². The van der Waals surface area contributed by atoms with Crippen LogP contribution in [0.1, 0.15) is 18.4 Å². The van der Waals surface area contributed by atoms with Crippen molar-refractivity contribution in [3.8, 4) is 0 Å². The lowest BCUT2D eigenvalue weighted by Gasteiger charge is -2.23. The molecule has 124 valence electrons. The Kier molecular flexibility index (Phi) is 6.34. The van der Waals surface area contributed by atoms with Gasteiger partial charge < -0.3 is 5.73 Å². The van der Waals surface area contributed by atoms with Crippen LogP contribution in [-0.4, -0.2) is 36.8 Å². The van der Waals surface area contributed by atoms with Gasteiger partial charge in [0.25, 0.3) is 5.69 Å². The van der Waals surface area contributed by atoms with E-state index in [-0.39, 0.29) is 35.6 Å². The Morgan fingerprint density at radius 1 is 1.50 bits per heavy atom. The SMILES string of the molecule is Cc1c(Br)cc(S(=O)(=O)N2CCCC2CN)cc1[N+](=O)[O-].Cl. The van der Waals surface area contributed by atoms with Crippen LogP contribution in [0.25, 0.3) is 0 Å². The maximum absolute atomic E-state index is 12.7. The third-order valence-electron chi connectivity index (χ3n) is 3.69. The zero-order chi connectivity index (χ0) is 15.8. The van der Waals surface area contributed by atoms with E-state index in [1.54, 1.807) is 6.92 Å². The van der Waals surface area contributed by atoms with Crippen molar-refractivity contribution < 1.29 is 13.3 Å². The molecule has 22 heavy (non-hydrogen) atoms. The number of hydrogen-bond donors (Lipinski definition) is 1. The highest BCUT2D eigenvalue weighted by Gasteiger charge is 2.35. The lowest BCUT2D eigenvalue weighted by Crippen LogP contribution is -2.39. The minimum atomic E-state index is -3.78. The number of nitrogens with two attached hydrogens (primary N) is 1. The second-order valence-electron chi connectivity index (χ2n) is 4.95. The van der Waals surface area contributed by atoms with Crippen molar-refractivity contribution in [1.82, 2.24) is 4.31 Å². The first-order valence-corrected chi connectivity index (χ1v) is 8.68. The maximum Gasteiger partial charge on any atom is 0.274 e. The number of nitro benzene ring substituents is 1. The van der Waals surface area contributed by atoms with Gasteiger partial charge in [-0.1, -0.05) is 15.9 Å². The van der Waals surface area contributed by atoms with Crippen LogP contribution >= 0.6 is 28.3 Å². The molecule has 1 aromatic carbocycles. The Balaban J connectivity index is 0.00000242. The number of hydrogen-bond acceptors (Lipinski definition) is 5. The van der Waals surface area contributed by atoms with Crippen LogP contribution in [0.5, 0.6) is 0 Å². The molecule has 7 nitrogen and oxygen atoms in total. The fourth-order valence-corrected chi connectivity index (χ4v) is 4.83. The van der Waals surface area contributed by atoms with Gasteiger partial charge in [-0.05, 0) is 25.8 Å². The van der Waals surface area contributed by atoms with E-state index in [2.05, 4.69) is 15.9 Å². The summed E-state index contributed by atoms with van der Waals surface area (Å²) < 4.78 is 27.1. The van der Waals surface area contributed by atoms with Crippen LogP contribution < -0.4 is 5.73 Å². The molecule has 1 aliphatic rings. The van der Waals surface area contributed by atoms with Gasteiger partial charge in [-0.2, -0.15) is 4.31 Å². The first-order valence-electron chi connectivity index (χ1n) is 6.45. The Morgan fingerprint density at radius 2 is 2.14 bits per heavy atom. The van der Waals surface area contributed by atoms with Crippen LogP contribution in [0, 0.1) is 17.0 Å². The normalized spacial score (nSPS) is 19.0. The molecule has 0 spiro atoms. The molecule has 1 aliphatic heterocycles. The van der Waals surface area contributed by atoms with E-state index in [0.717, 1.165) is 12.5 Å². The standard InChI is InChI=1S/C12H16BrN3O4S.ClH/c1-8-11(13)5-10(6-12(8)16(17)18)21(19,20)15-4-2-3-9(15)7-14;/h5-6,9H,2-4,7,14H2,1H3;1H. The summed E-state index contributed by atoms with van der Waals surface area (Å²) in [5.74, 6) is 0. The third kappa shape index (κ3) is 3.43. The molecule has 0 amide bonds. The van der Waals surface area contributed by atoms with Crippen molar-refractivity contribution in [1.29, 1.82) is 0 Å². The van der Waals surface area contributed by atoms with Crippen LogP contribution in [-0.2, 0) is 10.0 Å². The second-order valence-corrected chi connectivity index (χ2v) is 7.70. The van der Waals surface area contributed by atoms with E-state index in [4.69, 9.17) is 5.73 Å². The van der Waals surface area contributed by atoms with Gasteiger partial charge in [0.1, 0.15) is 0 Å². The summed E-state index contributed by atoms with van der Waals surface area (Å²) in [6.45, 7) is 2.20. The van der Waals surface area contributed by atoms with E-state index < -0.39 is 14.9 Å². The molecule has 0 saturated carbocycles. The molecular weight excluding hydrogens is 398 g/mol. The number of sulfonamides is 1. The summed E-state index contributed by atoms with van der Waals surface area (Å²) in [6.07, 6.45) is 1.46. The number of nitrogens with zero attached hydrogens (tertiary/aromatic N) is 2. The Hall–Kier alpha value is -0.740. The molecule has 1 fully saturated rings. The van der Waals surface area contributed by atoms with E-state index in [1.165, 1.54) is 10.4 Å². The molecule has 1 aromatic rings. The summed E-state index contributed by atoms with van der Waals surface area (Å²) in [7, 11) is -3.78. The second kappa shape index (κ2) is 7.22. The first-order chi connectivity index (χ1) is 9.78. The molecule has 0 aromatic heterocycles. The van der Waals surface area contributed by atoms with Gasteiger partial charge in [-0.15, -0.1) is 12.4 Å². The molecule has 10 heteroatoms. The highest BCUT2D eigenvalue weighted by molar-refractivity contribution is 9.10. The molecule has 1 heterocycles. The van der Waals surface area contributed by atoms with E-state index in [9.17, 15) is 18.5 Å². The van der Waals surface area contributed by atoms with Crippen molar-refractivity contribution in [2.75, 3.05) is 13.1 Å². The molecule has 1 atom stereocenters. The van der Waals surface area contributed by atoms with Gasteiger partial charge in [0.15, 0.2) is 0 Å². The van der Waals surface area contributed by atoms with Crippen molar-refractivity contribution >= 4 is 44.0 Å². The van der Waals surface area contributed by atoms with Crippen molar-refractivity contribution in [3.05, 3.63) is 32.3 Å². The zero-order valence-electron chi connectivity index (χ0n) is 11.9. The topological polar surface area (TPSA) is 107 Å². The van der Waals surface area contributed by atoms with Crippen LogP contribution in [0.15, 0.2) is 21.5 Å². The number of nitro groups is 1. The van der Waals surface area contributed by atoms with Crippen LogP contribution in [0.2, 0.25) is 0 Å². The molecule has 2 N–H and O–H groups in total. The molecule has 0 radical (unpaired) electrons. The molecule has 1 unspecified atom stereocenters. The monoisotopic (exact) mass is 413 g/mol. The van der Waals surface area contributed by atoms with Crippen LogP contribution in [0.4, 0.5) is 5.69 Å². The van der Waals surface area contributed by atoms with Crippen LogP contribution in [0.3, 0.4) is 0 Å². The maximum atomic E-state index is 12.7. The number of halogens is 2. The predicted octanol–water partition coefficient (Wildman–Crippen LogP) is 2.20. The number of rotatable bonds is 4. The lowest BCUT2D eigenvalue weighted by molar-refractivity contribution is -0.385. The quantitative estimate of drug-likeness (QED) is 0.600. The summed E-state index contributed by atoms with van der Waals surface area (Å²) in [5.41, 5.74) is 5.79. The average Bonchev–Trinajstić information content (AvgIpc) is 2.90. The predicted molar refractivity (Wildman–Crippen MR) is 88.7 cm³/mol. The average molecular weight is 415 g/mol. The fourth-order valence-electron chi connectivity index (χ4n) is 2.48. The third-order valence-corrected chi connectivity index (χ3v) is 6.44. The van der Waals surface area contributed by atoms with Crippen molar-refractivity contribution in [3.63, 3.8) is 0 Å². The summed E-state index contributed by atoms with van der Waals surface area (Å²) in [6, 6.07) is 2.28. The van der Waals surface area contributed by atoms with Gasteiger partial charge >= 0.3 is 0 Å². The summed E-state index contributed by atoms with van der Waals surface area (Å²) >= 11 is 3.19. The molecule has 0 bridgehead atoms. The van der Waals surface area contributed by atoms with Crippen molar-refractivity contribution in [2.24, 2.45) is 5.73 Å². The lowest BCUT2D eigenvalue weighted by atomic mass is 10.2. The van der Waals surface area contributed by atoms with Gasteiger partial charge in [-0.25, -0.2) is 8.42 Å². The molecule has 1 saturated heterocycles. The smallest absolute Gasteiger partial charge is 0.274 e. The first kappa shape index (κ1) is 19.3. The van der Waals surface area contributed by atoms with Gasteiger partial charge in [0.05, 0.1) is 9.82 Å². The highest BCUT2D eigenvalue weighted by atomic mass is 79.9. The summed E-state index contributed by atoms with van der Waals surface area (Å²) in [5, 5.41) is 11.1. The Morgan fingerprint density at radius 3 is 2.68 bits per heavy atom. The largest absolute Gasteiger partial charge is 0.329 e. The summed E-state index contributed by atoms with van der Waals surface area (Å²) in [4.78, 5) is 10.4. The number of benzene rings is 1. The Bertz CT molecular complexity index is 683. The minimum Gasteiger partial charge on any atom is -0.329 e. The minimum absolute atomic E-state index is 0. The highest BCUT2D eigenvalue weighted by Crippen LogP contribution is 2.33. The molecular formula is C12H17BrClN3O4S. The zero-order valence-corrected chi connectivity index (χ0v) is 15.1.